The van der Waals surface area contributed by atoms with E-state index in [0.29, 0.717) is 6.54 Å². The maximum absolute atomic E-state index is 13.4. The lowest BCUT2D eigenvalue weighted by Gasteiger charge is -2.31. The standard InChI is InChI=1S/C20H22FN5O4/c21-17-5-4-15(11-18(17)26(29)30)24-20(28)19(27)23-12-14-6-9-25(10-7-14)13-16-3-1-2-8-22-16/h1-5,8,11,14H,6-7,9-10,12-13H2,(H,23,27)(H,24,28). The molecule has 2 N–H and O–H groups in total. The molecular formula is C20H22FN5O4. The molecule has 1 aliphatic rings. The quantitative estimate of drug-likeness (QED) is 0.424. The lowest BCUT2D eigenvalue weighted by molar-refractivity contribution is -0.387. The number of carbonyl (C=O) groups excluding carboxylic acids is 2. The van der Waals surface area contributed by atoms with E-state index in [-0.39, 0.29) is 11.6 Å². The zero-order chi connectivity index (χ0) is 21.5. The topological polar surface area (TPSA) is 117 Å². The van der Waals surface area contributed by atoms with Crippen LogP contribution < -0.4 is 10.6 Å². The zero-order valence-electron chi connectivity index (χ0n) is 16.2. The monoisotopic (exact) mass is 415 g/mol. The van der Waals surface area contributed by atoms with Crippen molar-refractivity contribution in [2.75, 3.05) is 25.0 Å². The van der Waals surface area contributed by atoms with Crippen molar-refractivity contribution in [3.05, 3.63) is 64.2 Å². The van der Waals surface area contributed by atoms with E-state index < -0.39 is 28.2 Å². The Morgan fingerprint density at radius 2 is 1.97 bits per heavy atom. The van der Waals surface area contributed by atoms with Gasteiger partial charge in [0, 0.05) is 31.0 Å². The number of benzene rings is 1. The molecule has 2 aromatic rings. The molecule has 3 rings (SSSR count). The van der Waals surface area contributed by atoms with Gasteiger partial charge in [-0.1, -0.05) is 6.07 Å². The molecule has 1 aliphatic heterocycles. The van der Waals surface area contributed by atoms with Crippen molar-refractivity contribution in [1.29, 1.82) is 0 Å². The average molecular weight is 415 g/mol. The van der Waals surface area contributed by atoms with E-state index in [1.54, 1.807) is 6.20 Å². The number of nitro groups is 1. The van der Waals surface area contributed by atoms with E-state index in [1.165, 1.54) is 0 Å². The van der Waals surface area contributed by atoms with Crippen molar-refractivity contribution in [2.24, 2.45) is 5.92 Å². The van der Waals surface area contributed by atoms with Gasteiger partial charge in [-0.05, 0) is 56.1 Å². The second kappa shape index (κ2) is 9.88. The number of carbonyl (C=O) groups is 2. The summed E-state index contributed by atoms with van der Waals surface area (Å²) in [4.78, 5) is 40.5. The van der Waals surface area contributed by atoms with Crippen LogP contribution in [0.15, 0.2) is 42.6 Å². The van der Waals surface area contributed by atoms with Crippen molar-refractivity contribution >= 4 is 23.2 Å². The predicted molar refractivity (Wildman–Crippen MR) is 107 cm³/mol. The third-order valence-corrected chi connectivity index (χ3v) is 4.98. The minimum Gasteiger partial charge on any atom is -0.348 e. The van der Waals surface area contributed by atoms with Crippen LogP contribution in [0.2, 0.25) is 0 Å². The van der Waals surface area contributed by atoms with Crippen molar-refractivity contribution in [3.63, 3.8) is 0 Å². The molecule has 2 heterocycles. The van der Waals surface area contributed by atoms with Crippen molar-refractivity contribution in [2.45, 2.75) is 19.4 Å². The van der Waals surface area contributed by atoms with E-state index in [9.17, 15) is 24.1 Å². The molecule has 0 saturated carbocycles. The summed E-state index contributed by atoms with van der Waals surface area (Å²) in [7, 11) is 0. The van der Waals surface area contributed by atoms with E-state index in [2.05, 4.69) is 20.5 Å². The Kier molecular flexibility index (Phi) is 7.02. The summed E-state index contributed by atoms with van der Waals surface area (Å²) in [6, 6.07) is 8.72. The van der Waals surface area contributed by atoms with Crippen LogP contribution in [0.25, 0.3) is 0 Å². The summed E-state index contributed by atoms with van der Waals surface area (Å²) < 4.78 is 13.4. The normalized spacial score (nSPS) is 14.8. The van der Waals surface area contributed by atoms with Crippen LogP contribution in [0, 0.1) is 21.8 Å². The number of aromatic nitrogens is 1. The Hall–Kier alpha value is -3.40. The summed E-state index contributed by atoms with van der Waals surface area (Å²) >= 11 is 0. The zero-order valence-corrected chi connectivity index (χ0v) is 16.2. The Bertz CT molecular complexity index is 917. The summed E-state index contributed by atoms with van der Waals surface area (Å²) in [5.41, 5.74) is 0.221. The third kappa shape index (κ3) is 5.80. The van der Waals surface area contributed by atoms with Crippen LogP contribution in [-0.2, 0) is 16.1 Å². The number of pyridine rings is 1. The lowest BCUT2D eigenvalue weighted by Crippen LogP contribution is -2.41. The molecule has 1 aromatic heterocycles. The lowest BCUT2D eigenvalue weighted by atomic mass is 9.96. The van der Waals surface area contributed by atoms with Crippen LogP contribution >= 0.6 is 0 Å². The average Bonchev–Trinajstić information content (AvgIpc) is 2.75. The maximum Gasteiger partial charge on any atom is 0.313 e. The first-order valence-electron chi connectivity index (χ1n) is 9.58. The Labute approximate surface area is 172 Å². The number of amides is 2. The first-order chi connectivity index (χ1) is 14.4. The molecule has 0 spiro atoms. The molecule has 30 heavy (non-hydrogen) atoms. The number of nitrogens with zero attached hydrogens (tertiary/aromatic N) is 3. The molecule has 10 heteroatoms. The summed E-state index contributed by atoms with van der Waals surface area (Å²) in [6.07, 6.45) is 3.55. The van der Waals surface area contributed by atoms with Crippen molar-refractivity contribution in [1.82, 2.24) is 15.2 Å². The number of likely N-dealkylation sites (tertiary alicyclic amines) is 1. The largest absolute Gasteiger partial charge is 0.348 e. The van der Waals surface area contributed by atoms with Crippen LogP contribution in [0.3, 0.4) is 0 Å². The predicted octanol–water partition coefficient (Wildman–Crippen LogP) is 2.10. The molecular weight excluding hydrogens is 393 g/mol. The van der Waals surface area contributed by atoms with Gasteiger partial charge in [-0.15, -0.1) is 0 Å². The number of nitro benzene ring substituents is 1. The van der Waals surface area contributed by atoms with Crippen molar-refractivity contribution in [3.8, 4) is 0 Å². The minimum atomic E-state index is -1.02. The highest BCUT2D eigenvalue weighted by atomic mass is 19.1. The van der Waals surface area contributed by atoms with Crippen LogP contribution in [0.5, 0.6) is 0 Å². The highest BCUT2D eigenvalue weighted by molar-refractivity contribution is 6.39. The van der Waals surface area contributed by atoms with Gasteiger partial charge >= 0.3 is 17.5 Å². The molecule has 0 bridgehead atoms. The van der Waals surface area contributed by atoms with E-state index >= 15 is 0 Å². The van der Waals surface area contributed by atoms with Gasteiger partial charge in [0.15, 0.2) is 0 Å². The molecule has 0 aliphatic carbocycles. The second-order valence-corrected chi connectivity index (χ2v) is 7.13. The first kappa shape index (κ1) is 21.3. The second-order valence-electron chi connectivity index (χ2n) is 7.13. The molecule has 9 nitrogen and oxygen atoms in total. The van der Waals surface area contributed by atoms with Gasteiger partial charge < -0.3 is 10.6 Å². The number of hydrogen-bond donors (Lipinski definition) is 2. The van der Waals surface area contributed by atoms with Gasteiger partial charge in [0.1, 0.15) is 0 Å². The molecule has 1 fully saturated rings. The fraction of sp³-hybridized carbons (Fsp3) is 0.350. The molecule has 0 atom stereocenters. The number of halogens is 1. The summed E-state index contributed by atoms with van der Waals surface area (Å²) in [5.74, 6) is -2.55. The molecule has 1 aromatic carbocycles. The Morgan fingerprint density at radius 1 is 1.20 bits per heavy atom. The number of anilines is 1. The van der Waals surface area contributed by atoms with E-state index in [4.69, 9.17) is 0 Å². The van der Waals surface area contributed by atoms with Gasteiger partial charge in [0.2, 0.25) is 5.82 Å². The molecule has 2 amide bonds. The van der Waals surface area contributed by atoms with Crippen molar-refractivity contribution < 1.29 is 18.9 Å². The highest BCUT2D eigenvalue weighted by Crippen LogP contribution is 2.21. The first-order valence-corrected chi connectivity index (χ1v) is 9.58. The number of nitrogens with one attached hydrogen (secondary N) is 2. The van der Waals surface area contributed by atoms with E-state index in [0.717, 1.165) is 56.4 Å². The molecule has 0 radical (unpaired) electrons. The van der Waals surface area contributed by atoms with Crippen LogP contribution in [0.1, 0.15) is 18.5 Å². The summed E-state index contributed by atoms with van der Waals surface area (Å²) in [5, 5.41) is 15.6. The van der Waals surface area contributed by atoms with Gasteiger partial charge in [0.25, 0.3) is 0 Å². The van der Waals surface area contributed by atoms with Gasteiger partial charge in [-0.25, -0.2) is 0 Å². The third-order valence-electron chi connectivity index (χ3n) is 4.98. The molecule has 1 saturated heterocycles. The van der Waals surface area contributed by atoms with Gasteiger partial charge in [-0.3, -0.25) is 29.6 Å². The van der Waals surface area contributed by atoms with Gasteiger partial charge in [-0.2, -0.15) is 4.39 Å². The summed E-state index contributed by atoms with van der Waals surface area (Å²) in [6.45, 7) is 2.91. The SMILES string of the molecule is O=C(NCC1CCN(Cc2ccccn2)CC1)C(=O)Nc1ccc(F)c([N+](=O)[O-])c1. The number of rotatable bonds is 6. The fourth-order valence-electron chi connectivity index (χ4n) is 3.30. The molecule has 0 unspecified atom stereocenters. The number of hydrogen-bond acceptors (Lipinski definition) is 6. The maximum atomic E-state index is 13.4. The fourth-order valence-corrected chi connectivity index (χ4v) is 3.30. The highest BCUT2D eigenvalue weighted by Gasteiger charge is 2.22. The Balaban J connectivity index is 1.42. The van der Waals surface area contributed by atoms with Crippen LogP contribution in [-0.4, -0.2) is 46.3 Å². The van der Waals surface area contributed by atoms with Gasteiger partial charge in [0.05, 0.1) is 10.6 Å². The minimum absolute atomic E-state index is 0.0221. The molecule has 158 valence electrons. The van der Waals surface area contributed by atoms with Crippen LogP contribution in [0.4, 0.5) is 15.8 Å². The van der Waals surface area contributed by atoms with E-state index in [1.807, 2.05) is 18.2 Å². The smallest absolute Gasteiger partial charge is 0.313 e. The number of piperidine rings is 1. The Morgan fingerprint density at radius 3 is 2.63 bits per heavy atom.